The third-order valence-electron chi connectivity index (χ3n) is 5.94. The lowest BCUT2D eigenvalue weighted by molar-refractivity contribution is -0.155. The maximum atomic E-state index is 12.6. The quantitative estimate of drug-likeness (QED) is 0.920. The Morgan fingerprint density at radius 2 is 2.08 bits per heavy atom. The van der Waals surface area contributed by atoms with Crippen molar-refractivity contribution in [1.82, 2.24) is 5.32 Å². The van der Waals surface area contributed by atoms with Crippen LogP contribution >= 0.6 is 0 Å². The van der Waals surface area contributed by atoms with Gasteiger partial charge in [0.15, 0.2) is 0 Å². The van der Waals surface area contributed by atoms with E-state index in [9.17, 15) is 4.79 Å². The molecule has 2 aliphatic heterocycles. The van der Waals surface area contributed by atoms with Gasteiger partial charge in [0, 0.05) is 25.6 Å². The van der Waals surface area contributed by atoms with Gasteiger partial charge in [-0.2, -0.15) is 5.26 Å². The van der Waals surface area contributed by atoms with E-state index in [1.807, 2.05) is 18.2 Å². The Kier molecular flexibility index (Phi) is 3.82. The molecule has 1 aromatic carbocycles. The molecule has 3 aliphatic rings. The zero-order valence-corrected chi connectivity index (χ0v) is 13.7. The summed E-state index contributed by atoms with van der Waals surface area (Å²) in [6.45, 7) is 2.72. The smallest absolute Gasteiger partial charge is 0.223 e. The van der Waals surface area contributed by atoms with E-state index in [-0.39, 0.29) is 17.2 Å². The standard InChI is InChI=1S/C19H22N2O3/c20-12-14-2-1-3-15(10-14)19(6-9-24-19)13-21-17(22)16-11-18(16)4-7-23-8-5-18/h1-3,10,16H,4-9,11,13H2,(H,21,22)/t16?,19-/m0/s1. The van der Waals surface area contributed by atoms with Crippen LogP contribution in [0.1, 0.15) is 36.8 Å². The Labute approximate surface area is 141 Å². The molecule has 0 aromatic heterocycles. The second-order valence-electron chi connectivity index (χ2n) is 7.23. The highest BCUT2D eigenvalue weighted by atomic mass is 16.5. The number of nitriles is 1. The third-order valence-corrected chi connectivity index (χ3v) is 5.94. The van der Waals surface area contributed by atoms with Crippen LogP contribution in [0.2, 0.25) is 0 Å². The van der Waals surface area contributed by atoms with Crippen LogP contribution in [0.3, 0.4) is 0 Å². The summed E-state index contributed by atoms with van der Waals surface area (Å²) in [6.07, 6.45) is 3.85. The Morgan fingerprint density at radius 1 is 1.29 bits per heavy atom. The summed E-state index contributed by atoms with van der Waals surface area (Å²) in [5, 5.41) is 12.2. The molecule has 5 heteroatoms. The van der Waals surface area contributed by atoms with E-state index in [1.165, 1.54) is 0 Å². The van der Waals surface area contributed by atoms with Gasteiger partial charge in [0.1, 0.15) is 5.60 Å². The minimum atomic E-state index is -0.472. The molecule has 1 saturated carbocycles. The van der Waals surface area contributed by atoms with Crippen LogP contribution in [-0.4, -0.2) is 32.3 Å². The van der Waals surface area contributed by atoms with Gasteiger partial charge in [-0.25, -0.2) is 0 Å². The molecule has 2 heterocycles. The second-order valence-corrected chi connectivity index (χ2v) is 7.23. The van der Waals surface area contributed by atoms with Gasteiger partial charge in [-0.3, -0.25) is 4.79 Å². The SMILES string of the molecule is N#Cc1cccc([C@@]2(CNC(=O)C3CC34CCOCC4)CCO2)c1. The van der Waals surface area contributed by atoms with E-state index in [0.717, 1.165) is 44.5 Å². The monoisotopic (exact) mass is 326 g/mol. The maximum Gasteiger partial charge on any atom is 0.223 e. The summed E-state index contributed by atoms with van der Waals surface area (Å²) < 4.78 is 11.3. The lowest BCUT2D eigenvalue weighted by Gasteiger charge is -2.42. The molecular weight excluding hydrogens is 304 g/mol. The predicted molar refractivity (Wildman–Crippen MR) is 87.0 cm³/mol. The number of rotatable bonds is 4. The van der Waals surface area contributed by atoms with Crippen LogP contribution in [0.5, 0.6) is 0 Å². The molecule has 126 valence electrons. The number of hydrogen-bond acceptors (Lipinski definition) is 4. The second kappa shape index (κ2) is 5.87. The number of hydrogen-bond donors (Lipinski definition) is 1. The first-order valence-corrected chi connectivity index (χ1v) is 8.68. The first-order valence-electron chi connectivity index (χ1n) is 8.68. The zero-order chi connectivity index (χ0) is 16.6. The Morgan fingerprint density at radius 3 is 2.75 bits per heavy atom. The van der Waals surface area contributed by atoms with Crippen molar-refractivity contribution in [2.45, 2.75) is 31.3 Å². The van der Waals surface area contributed by atoms with Crippen molar-refractivity contribution in [2.75, 3.05) is 26.4 Å². The van der Waals surface area contributed by atoms with E-state index in [1.54, 1.807) is 6.07 Å². The Hall–Kier alpha value is -1.90. The van der Waals surface area contributed by atoms with Crippen molar-refractivity contribution in [3.05, 3.63) is 35.4 Å². The van der Waals surface area contributed by atoms with Crippen LogP contribution in [0.25, 0.3) is 0 Å². The van der Waals surface area contributed by atoms with Crippen molar-refractivity contribution >= 4 is 5.91 Å². The van der Waals surface area contributed by atoms with Gasteiger partial charge in [-0.05, 0) is 42.4 Å². The van der Waals surface area contributed by atoms with Crippen LogP contribution < -0.4 is 5.32 Å². The lowest BCUT2D eigenvalue weighted by Crippen LogP contribution is -2.50. The molecule has 3 fully saturated rings. The summed E-state index contributed by atoms with van der Waals surface area (Å²) in [4.78, 5) is 12.6. The zero-order valence-electron chi connectivity index (χ0n) is 13.7. The largest absolute Gasteiger partial charge is 0.381 e. The van der Waals surface area contributed by atoms with E-state index < -0.39 is 5.60 Å². The fourth-order valence-electron chi connectivity index (χ4n) is 4.09. The minimum absolute atomic E-state index is 0.129. The highest BCUT2D eigenvalue weighted by Crippen LogP contribution is 2.59. The van der Waals surface area contributed by atoms with Crippen LogP contribution in [0, 0.1) is 22.7 Å². The molecule has 0 radical (unpaired) electrons. The number of nitrogens with one attached hydrogen (secondary N) is 1. The molecule has 24 heavy (non-hydrogen) atoms. The van der Waals surface area contributed by atoms with E-state index in [4.69, 9.17) is 14.7 Å². The highest BCUT2D eigenvalue weighted by Gasteiger charge is 2.58. The summed E-state index contributed by atoms with van der Waals surface area (Å²) in [7, 11) is 0. The first kappa shape index (κ1) is 15.6. The normalized spacial score (nSPS) is 30.2. The molecule has 1 aliphatic carbocycles. The van der Waals surface area contributed by atoms with Crippen molar-refractivity contribution in [3.63, 3.8) is 0 Å². The van der Waals surface area contributed by atoms with Crippen LogP contribution in [-0.2, 0) is 19.9 Å². The van der Waals surface area contributed by atoms with E-state index in [0.29, 0.717) is 18.7 Å². The van der Waals surface area contributed by atoms with E-state index >= 15 is 0 Å². The molecule has 4 rings (SSSR count). The van der Waals surface area contributed by atoms with Crippen molar-refractivity contribution in [1.29, 1.82) is 5.26 Å². The first-order chi connectivity index (χ1) is 11.7. The molecule has 1 amide bonds. The number of amides is 1. The van der Waals surface area contributed by atoms with Crippen molar-refractivity contribution < 1.29 is 14.3 Å². The van der Waals surface area contributed by atoms with Crippen molar-refractivity contribution in [2.24, 2.45) is 11.3 Å². The van der Waals surface area contributed by atoms with Gasteiger partial charge >= 0.3 is 0 Å². The average molecular weight is 326 g/mol. The Bertz CT molecular complexity index is 684. The van der Waals surface area contributed by atoms with Gasteiger partial charge in [-0.1, -0.05) is 12.1 Å². The third kappa shape index (κ3) is 2.60. The number of ether oxygens (including phenoxy) is 2. The summed E-state index contributed by atoms with van der Waals surface area (Å²) in [6, 6.07) is 9.66. The van der Waals surface area contributed by atoms with Crippen molar-refractivity contribution in [3.8, 4) is 6.07 Å². The van der Waals surface area contributed by atoms with Gasteiger partial charge < -0.3 is 14.8 Å². The molecule has 5 nitrogen and oxygen atoms in total. The topological polar surface area (TPSA) is 71.4 Å². The van der Waals surface area contributed by atoms with Gasteiger partial charge in [-0.15, -0.1) is 0 Å². The molecule has 2 saturated heterocycles. The van der Waals surface area contributed by atoms with E-state index in [2.05, 4.69) is 11.4 Å². The van der Waals surface area contributed by atoms with Crippen LogP contribution in [0.15, 0.2) is 24.3 Å². The van der Waals surface area contributed by atoms with Gasteiger partial charge in [0.25, 0.3) is 0 Å². The Balaban J connectivity index is 1.41. The lowest BCUT2D eigenvalue weighted by atomic mass is 9.85. The van der Waals surface area contributed by atoms with Gasteiger partial charge in [0.05, 0.1) is 24.8 Å². The number of benzene rings is 1. The fraction of sp³-hybridized carbons (Fsp3) is 0.579. The summed E-state index contributed by atoms with van der Waals surface area (Å²) in [5.74, 6) is 0.271. The number of carbonyl (C=O) groups excluding carboxylic acids is 1. The minimum Gasteiger partial charge on any atom is -0.381 e. The molecule has 1 spiro atoms. The molecule has 0 bridgehead atoms. The maximum absolute atomic E-state index is 12.6. The fourth-order valence-corrected chi connectivity index (χ4v) is 4.09. The highest BCUT2D eigenvalue weighted by molar-refractivity contribution is 5.82. The molecular formula is C19H22N2O3. The van der Waals surface area contributed by atoms with Crippen LogP contribution in [0.4, 0.5) is 0 Å². The number of nitrogens with zero attached hydrogens (tertiary/aromatic N) is 1. The summed E-state index contributed by atoms with van der Waals surface area (Å²) >= 11 is 0. The molecule has 1 unspecified atom stereocenters. The van der Waals surface area contributed by atoms with Gasteiger partial charge in [0.2, 0.25) is 5.91 Å². The predicted octanol–water partition coefficient (Wildman–Crippen LogP) is 2.11. The number of carbonyl (C=O) groups is 1. The molecule has 1 aromatic rings. The molecule has 1 N–H and O–H groups in total. The summed E-state index contributed by atoms with van der Waals surface area (Å²) in [5.41, 5.74) is 1.32. The average Bonchev–Trinajstić information content (AvgIpc) is 3.27. The molecule has 2 atom stereocenters.